The number of hydrogen-bond acceptors (Lipinski definition) is 4. The molecule has 0 amide bonds. The van der Waals surface area contributed by atoms with Gasteiger partial charge in [0.2, 0.25) is 0 Å². The topological polar surface area (TPSA) is 30.5 Å². The van der Waals surface area contributed by atoms with Crippen molar-refractivity contribution in [3.8, 4) is 0 Å². The van der Waals surface area contributed by atoms with Gasteiger partial charge in [-0.3, -0.25) is 0 Å². The SMILES string of the molecule is CCNC(c1csc2ccccc12)C1COCCO1. The lowest BCUT2D eigenvalue weighted by Crippen LogP contribution is -2.40. The van der Waals surface area contributed by atoms with Crippen molar-refractivity contribution in [2.45, 2.75) is 19.1 Å². The Bertz CT molecular complexity index is 534. The molecular formula is C15H19NO2S. The molecule has 4 heteroatoms. The molecule has 3 rings (SSSR count). The third kappa shape index (κ3) is 2.67. The fourth-order valence-electron chi connectivity index (χ4n) is 2.60. The van der Waals surface area contributed by atoms with E-state index in [4.69, 9.17) is 9.47 Å². The Morgan fingerprint density at radius 1 is 1.37 bits per heavy atom. The van der Waals surface area contributed by atoms with E-state index in [9.17, 15) is 0 Å². The summed E-state index contributed by atoms with van der Waals surface area (Å²) in [5.41, 5.74) is 1.33. The van der Waals surface area contributed by atoms with E-state index >= 15 is 0 Å². The smallest absolute Gasteiger partial charge is 0.100 e. The Morgan fingerprint density at radius 3 is 3.05 bits per heavy atom. The molecule has 2 atom stereocenters. The Balaban J connectivity index is 1.94. The van der Waals surface area contributed by atoms with Gasteiger partial charge in [0.25, 0.3) is 0 Å². The zero-order valence-corrected chi connectivity index (χ0v) is 11.9. The lowest BCUT2D eigenvalue weighted by Gasteiger charge is -2.31. The summed E-state index contributed by atoms with van der Waals surface area (Å²) in [7, 11) is 0. The highest BCUT2D eigenvalue weighted by Crippen LogP contribution is 2.33. The van der Waals surface area contributed by atoms with Crippen LogP contribution >= 0.6 is 11.3 Å². The molecule has 102 valence electrons. The van der Waals surface area contributed by atoms with Crippen molar-refractivity contribution in [1.29, 1.82) is 0 Å². The van der Waals surface area contributed by atoms with Crippen molar-refractivity contribution in [3.63, 3.8) is 0 Å². The molecule has 1 aromatic heterocycles. The molecule has 1 aliphatic rings. The van der Waals surface area contributed by atoms with Gasteiger partial charge >= 0.3 is 0 Å². The summed E-state index contributed by atoms with van der Waals surface area (Å²) in [6.45, 7) is 5.12. The maximum Gasteiger partial charge on any atom is 0.100 e. The van der Waals surface area contributed by atoms with Crippen LogP contribution in [0.2, 0.25) is 0 Å². The predicted molar refractivity (Wildman–Crippen MR) is 78.8 cm³/mol. The van der Waals surface area contributed by atoms with Gasteiger partial charge in [-0.2, -0.15) is 0 Å². The van der Waals surface area contributed by atoms with Crippen molar-refractivity contribution in [2.75, 3.05) is 26.4 Å². The van der Waals surface area contributed by atoms with E-state index in [1.807, 2.05) is 0 Å². The van der Waals surface area contributed by atoms with Crippen LogP contribution in [-0.2, 0) is 9.47 Å². The molecule has 1 N–H and O–H groups in total. The minimum Gasteiger partial charge on any atom is -0.376 e. The van der Waals surface area contributed by atoms with Gasteiger partial charge in [-0.15, -0.1) is 11.3 Å². The van der Waals surface area contributed by atoms with Gasteiger partial charge in [-0.25, -0.2) is 0 Å². The second-order valence-electron chi connectivity index (χ2n) is 4.71. The average molecular weight is 277 g/mol. The third-order valence-electron chi connectivity index (χ3n) is 3.48. The third-order valence-corrected chi connectivity index (χ3v) is 4.47. The van der Waals surface area contributed by atoms with Crippen LogP contribution in [0, 0.1) is 0 Å². The van der Waals surface area contributed by atoms with Crippen molar-refractivity contribution < 1.29 is 9.47 Å². The molecule has 0 bridgehead atoms. The van der Waals surface area contributed by atoms with E-state index in [1.165, 1.54) is 15.6 Å². The molecule has 0 aliphatic carbocycles. The van der Waals surface area contributed by atoms with Crippen LogP contribution in [0.4, 0.5) is 0 Å². The number of thiophene rings is 1. The largest absolute Gasteiger partial charge is 0.376 e. The number of likely N-dealkylation sites (N-methyl/N-ethyl adjacent to an activating group) is 1. The molecular weight excluding hydrogens is 258 g/mol. The Labute approximate surface area is 117 Å². The van der Waals surface area contributed by atoms with Crippen LogP contribution in [0.5, 0.6) is 0 Å². The zero-order valence-electron chi connectivity index (χ0n) is 11.1. The number of fused-ring (bicyclic) bond motifs is 1. The maximum absolute atomic E-state index is 5.88. The number of ether oxygens (including phenoxy) is 2. The lowest BCUT2D eigenvalue weighted by molar-refractivity contribution is -0.102. The Morgan fingerprint density at radius 2 is 2.26 bits per heavy atom. The number of rotatable bonds is 4. The van der Waals surface area contributed by atoms with Gasteiger partial charge in [0.1, 0.15) is 6.10 Å². The molecule has 1 fully saturated rings. The first-order chi connectivity index (χ1) is 9.40. The fraction of sp³-hybridized carbons (Fsp3) is 0.467. The average Bonchev–Trinajstić information content (AvgIpc) is 2.89. The van der Waals surface area contributed by atoms with Gasteiger partial charge in [-0.1, -0.05) is 25.1 Å². The van der Waals surface area contributed by atoms with Gasteiger partial charge in [0.05, 0.1) is 25.9 Å². The first kappa shape index (κ1) is 13.1. The predicted octanol–water partition coefficient (Wildman–Crippen LogP) is 2.97. The van der Waals surface area contributed by atoms with Crippen LogP contribution in [0.15, 0.2) is 29.6 Å². The molecule has 3 nitrogen and oxygen atoms in total. The van der Waals surface area contributed by atoms with Crippen molar-refractivity contribution >= 4 is 21.4 Å². The highest BCUT2D eigenvalue weighted by Gasteiger charge is 2.27. The van der Waals surface area contributed by atoms with Gasteiger partial charge in [-0.05, 0) is 28.9 Å². The second kappa shape index (κ2) is 6.01. The molecule has 1 saturated heterocycles. The van der Waals surface area contributed by atoms with Crippen LogP contribution in [0.25, 0.3) is 10.1 Å². The molecule has 0 saturated carbocycles. The normalized spacial score (nSPS) is 21.6. The molecule has 19 heavy (non-hydrogen) atoms. The highest BCUT2D eigenvalue weighted by atomic mass is 32.1. The zero-order chi connectivity index (χ0) is 13.1. The summed E-state index contributed by atoms with van der Waals surface area (Å²) in [6, 6.07) is 8.76. The van der Waals surface area contributed by atoms with Crippen molar-refractivity contribution in [2.24, 2.45) is 0 Å². The van der Waals surface area contributed by atoms with Crippen LogP contribution in [-0.4, -0.2) is 32.5 Å². The molecule has 1 aromatic carbocycles. The molecule has 2 unspecified atom stereocenters. The summed E-state index contributed by atoms with van der Waals surface area (Å²) in [4.78, 5) is 0. The van der Waals surface area contributed by atoms with E-state index in [0.29, 0.717) is 19.8 Å². The van der Waals surface area contributed by atoms with Crippen LogP contribution in [0.3, 0.4) is 0 Å². The van der Waals surface area contributed by atoms with E-state index in [0.717, 1.165) is 6.54 Å². The van der Waals surface area contributed by atoms with E-state index in [2.05, 4.69) is 41.9 Å². The van der Waals surface area contributed by atoms with Gasteiger partial charge in [0.15, 0.2) is 0 Å². The standard InChI is InChI=1S/C15H19NO2S/c1-2-16-15(13-9-17-7-8-18-13)12-10-19-14-6-4-3-5-11(12)14/h3-6,10,13,15-16H,2,7-9H2,1H3. The van der Waals surface area contributed by atoms with Crippen molar-refractivity contribution in [3.05, 3.63) is 35.2 Å². The Hall–Kier alpha value is -0.940. The number of nitrogens with one attached hydrogen (secondary N) is 1. The maximum atomic E-state index is 5.88. The summed E-state index contributed by atoms with van der Waals surface area (Å²) in [6.07, 6.45) is 0.103. The number of hydrogen-bond donors (Lipinski definition) is 1. The lowest BCUT2D eigenvalue weighted by atomic mass is 10.0. The highest BCUT2D eigenvalue weighted by molar-refractivity contribution is 7.17. The quantitative estimate of drug-likeness (QED) is 0.932. The molecule has 2 aromatic rings. The first-order valence-electron chi connectivity index (χ1n) is 6.79. The van der Waals surface area contributed by atoms with Crippen LogP contribution < -0.4 is 5.32 Å². The van der Waals surface area contributed by atoms with E-state index < -0.39 is 0 Å². The minimum atomic E-state index is 0.103. The van der Waals surface area contributed by atoms with Gasteiger partial charge < -0.3 is 14.8 Å². The minimum absolute atomic E-state index is 0.103. The summed E-state index contributed by atoms with van der Waals surface area (Å²) in [5, 5.41) is 7.12. The van der Waals surface area contributed by atoms with Crippen molar-refractivity contribution in [1.82, 2.24) is 5.32 Å². The number of benzene rings is 1. The monoisotopic (exact) mass is 277 g/mol. The summed E-state index contributed by atoms with van der Waals surface area (Å²) < 4.78 is 12.8. The summed E-state index contributed by atoms with van der Waals surface area (Å²) in [5.74, 6) is 0. The van der Waals surface area contributed by atoms with Gasteiger partial charge in [0, 0.05) is 4.70 Å². The molecule has 1 aliphatic heterocycles. The molecule has 2 heterocycles. The van der Waals surface area contributed by atoms with E-state index in [1.54, 1.807) is 11.3 Å². The Kier molecular flexibility index (Phi) is 4.13. The fourth-order valence-corrected chi connectivity index (χ4v) is 3.60. The first-order valence-corrected chi connectivity index (χ1v) is 7.67. The summed E-state index contributed by atoms with van der Waals surface area (Å²) >= 11 is 1.80. The second-order valence-corrected chi connectivity index (χ2v) is 5.62. The van der Waals surface area contributed by atoms with Crippen LogP contribution in [0.1, 0.15) is 18.5 Å². The van der Waals surface area contributed by atoms with E-state index in [-0.39, 0.29) is 12.1 Å². The molecule has 0 radical (unpaired) electrons. The molecule has 0 spiro atoms.